The lowest BCUT2D eigenvalue weighted by Gasteiger charge is -2.44. The van der Waals surface area contributed by atoms with Crippen LogP contribution >= 0.6 is 0 Å². The lowest BCUT2D eigenvalue weighted by atomic mass is 9.88. The molecule has 98 valence electrons. The highest BCUT2D eigenvalue weighted by Crippen LogP contribution is 2.37. The first-order valence-corrected chi connectivity index (χ1v) is 6.90. The Kier molecular flexibility index (Phi) is 3.39. The molecular formula is C13H23NO3. The largest absolute Gasteiger partial charge is 0.379 e. The van der Waals surface area contributed by atoms with E-state index in [4.69, 9.17) is 14.2 Å². The predicted molar refractivity (Wildman–Crippen MR) is 63.9 cm³/mol. The summed E-state index contributed by atoms with van der Waals surface area (Å²) in [4.78, 5) is 2.62. The highest BCUT2D eigenvalue weighted by Gasteiger charge is 2.42. The van der Waals surface area contributed by atoms with E-state index < -0.39 is 0 Å². The fourth-order valence-corrected chi connectivity index (χ4v) is 3.44. The summed E-state index contributed by atoms with van der Waals surface area (Å²) >= 11 is 0. The van der Waals surface area contributed by atoms with Crippen molar-refractivity contribution in [2.24, 2.45) is 0 Å². The monoisotopic (exact) mass is 241 g/mol. The average Bonchev–Trinajstić information content (AvgIpc) is 2.80. The second-order valence-electron chi connectivity index (χ2n) is 5.50. The summed E-state index contributed by atoms with van der Waals surface area (Å²) in [6.45, 7) is 6.68. The number of hydrogen-bond donors (Lipinski definition) is 0. The van der Waals surface area contributed by atoms with Gasteiger partial charge in [-0.25, -0.2) is 0 Å². The van der Waals surface area contributed by atoms with E-state index in [1.807, 2.05) is 0 Å². The molecule has 3 rings (SSSR count). The molecule has 4 heteroatoms. The lowest BCUT2D eigenvalue weighted by molar-refractivity contribution is -0.187. The maximum atomic E-state index is 5.78. The van der Waals surface area contributed by atoms with Gasteiger partial charge in [-0.2, -0.15) is 0 Å². The summed E-state index contributed by atoms with van der Waals surface area (Å²) in [5.41, 5.74) is 0. The minimum absolute atomic E-state index is 0.216. The summed E-state index contributed by atoms with van der Waals surface area (Å²) in [6.07, 6.45) is 4.51. The van der Waals surface area contributed by atoms with Gasteiger partial charge in [0, 0.05) is 31.5 Å². The van der Waals surface area contributed by atoms with Crippen LogP contribution in [0.2, 0.25) is 0 Å². The zero-order valence-electron chi connectivity index (χ0n) is 10.7. The minimum atomic E-state index is -0.216. The minimum Gasteiger partial charge on any atom is -0.379 e. The first-order valence-electron chi connectivity index (χ1n) is 6.90. The summed E-state index contributed by atoms with van der Waals surface area (Å²) in [5, 5.41) is 0. The summed E-state index contributed by atoms with van der Waals surface area (Å²) in [5.74, 6) is -0.216. The normalized spacial score (nSPS) is 35.5. The molecule has 1 unspecified atom stereocenters. The molecule has 17 heavy (non-hydrogen) atoms. The van der Waals surface area contributed by atoms with Gasteiger partial charge in [0.1, 0.15) is 0 Å². The number of morpholine rings is 1. The Balaban J connectivity index is 1.57. The smallest absolute Gasteiger partial charge is 0.168 e. The molecule has 4 nitrogen and oxygen atoms in total. The van der Waals surface area contributed by atoms with Gasteiger partial charge in [0.25, 0.3) is 0 Å². The molecule has 0 radical (unpaired) electrons. The molecule has 0 aromatic heterocycles. The molecule has 3 aliphatic rings. The van der Waals surface area contributed by atoms with Gasteiger partial charge in [-0.15, -0.1) is 0 Å². The Morgan fingerprint density at radius 3 is 2.41 bits per heavy atom. The highest BCUT2D eigenvalue weighted by atomic mass is 16.7. The fraction of sp³-hybridized carbons (Fsp3) is 1.00. The van der Waals surface area contributed by atoms with Gasteiger partial charge in [0.15, 0.2) is 5.79 Å². The SMILES string of the molecule is CC1COCCN1C1CCC2(CC1)OCCO2. The van der Waals surface area contributed by atoms with Crippen LogP contribution in [-0.4, -0.2) is 55.7 Å². The van der Waals surface area contributed by atoms with Crippen LogP contribution < -0.4 is 0 Å². The molecule has 1 atom stereocenters. The van der Waals surface area contributed by atoms with Crippen LogP contribution in [0.15, 0.2) is 0 Å². The highest BCUT2D eigenvalue weighted by molar-refractivity contribution is 4.89. The molecule has 0 N–H and O–H groups in total. The Bertz CT molecular complexity index is 255. The molecule has 0 bridgehead atoms. The second kappa shape index (κ2) is 4.84. The Morgan fingerprint density at radius 1 is 1.06 bits per heavy atom. The molecule has 1 spiro atoms. The van der Waals surface area contributed by atoms with Gasteiger partial charge in [-0.1, -0.05) is 0 Å². The number of rotatable bonds is 1. The maximum absolute atomic E-state index is 5.78. The molecule has 3 fully saturated rings. The third-order valence-electron chi connectivity index (χ3n) is 4.42. The zero-order chi connectivity index (χ0) is 11.7. The van der Waals surface area contributed by atoms with Crippen molar-refractivity contribution in [1.82, 2.24) is 4.90 Å². The van der Waals surface area contributed by atoms with Crippen molar-refractivity contribution in [3.63, 3.8) is 0 Å². The first kappa shape index (κ1) is 11.9. The topological polar surface area (TPSA) is 30.9 Å². The number of hydrogen-bond acceptors (Lipinski definition) is 4. The zero-order valence-corrected chi connectivity index (χ0v) is 10.7. The third-order valence-corrected chi connectivity index (χ3v) is 4.42. The fourth-order valence-electron chi connectivity index (χ4n) is 3.44. The first-order chi connectivity index (χ1) is 8.29. The molecule has 0 amide bonds. The number of ether oxygens (including phenoxy) is 3. The van der Waals surface area contributed by atoms with E-state index in [1.165, 1.54) is 12.8 Å². The van der Waals surface area contributed by atoms with Gasteiger partial charge in [-0.3, -0.25) is 4.90 Å². The van der Waals surface area contributed by atoms with Crippen LogP contribution in [0.5, 0.6) is 0 Å². The number of nitrogens with zero attached hydrogens (tertiary/aromatic N) is 1. The quantitative estimate of drug-likeness (QED) is 0.694. The van der Waals surface area contributed by atoms with E-state index >= 15 is 0 Å². The molecular weight excluding hydrogens is 218 g/mol. The van der Waals surface area contributed by atoms with Gasteiger partial charge in [0.05, 0.1) is 26.4 Å². The van der Waals surface area contributed by atoms with Crippen LogP contribution in [0.25, 0.3) is 0 Å². The van der Waals surface area contributed by atoms with Crippen molar-refractivity contribution in [3.05, 3.63) is 0 Å². The van der Waals surface area contributed by atoms with E-state index in [2.05, 4.69) is 11.8 Å². The van der Waals surface area contributed by atoms with E-state index in [1.54, 1.807) is 0 Å². The van der Waals surface area contributed by atoms with Crippen LogP contribution in [0, 0.1) is 0 Å². The Labute approximate surface area is 103 Å². The molecule has 2 saturated heterocycles. The lowest BCUT2D eigenvalue weighted by Crippen LogP contribution is -2.52. The van der Waals surface area contributed by atoms with Gasteiger partial charge < -0.3 is 14.2 Å². The molecule has 1 aliphatic carbocycles. The van der Waals surface area contributed by atoms with Crippen molar-refractivity contribution in [2.75, 3.05) is 33.0 Å². The Hall–Kier alpha value is -0.160. The summed E-state index contributed by atoms with van der Waals surface area (Å²) < 4.78 is 17.1. The average molecular weight is 241 g/mol. The summed E-state index contributed by atoms with van der Waals surface area (Å²) in [7, 11) is 0. The molecule has 2 heterocycles. The van der Waals surface area contributed by atoms with Crippen LogP contribution in [0.3, 0.4) is 0 Å². The van der Waals surface area contributed by atoms with Gasteiger partial charge in [-0.05, 0) is 19.8 Å². The van der Waals surface area contributed by atoms with Crippen molar-refractivity contribution in [3.8, 4) is 0 Å². The molecule has 2 aliphatic heterocycles. The van der Waals surface area contributed by atoms with E-state index in [-0.39, 0.29) is 5.79 Å². The summed E-state index contributed by atoms with van der Waals surface area (Å²) in [6, 6.07) is 1.26. The molecule has 0 aromatic carbocycles. The maximum Gasteiger partial charge on any atom is 0.168 e. The standard InChI is InChI=1S/C13H23NO3/c1-11-10-15-7-6-14(11)12-2-4-13(5-3-12)16-8-9-17-13/h11-12H,2-10H2,1H3. The van der Waals surface area contributed by atoms with Crippen molar-refractivity contribution in [1.29, 1.82) is 0 Å². The predicted octanol–water partition coefficient (Wildman–Crippen LogP) is 1.39. The van der Waals surface area contributed by atoms with Crippen LogP contribution in [0.4, 0.5) is 0 Å². The van der Waals surface area contributed by atoms with E-state index in [0.29, 0.717) is 12.1 Å². The Morgan fingerprint density at radius 2 is 1.76 bits per heavy atom. The van der Waals surface area contributed by atoms with Crippen LogP contribution in [-0.2, 0) is 14.2 Å². The third kappa shape index (κ3) is 2.36. The van der Waals surface area contributed by atoms with E-state index in [9.17, 15) is 0 Å². The van der Waals surface area contributed by atoms with Crippen LogP contribution in [0.1, 0.15) is 32.6 Å². The second-order valence-corrected chi connectivity index (χ2v) is 5.50. The van der Waals surface area contributed by atoms with Gasteiger partial charge >= 0.3 is 0 Å². The van der Waals surface area contributed by atoms with Gasteiger partial charge in [0.2, 0.25) is 0 Å². The molecule has 1 saturated carbocycles. The van der Waals surface area contributed by atoms with Crippen molar-refractivity contribution >= 4 is 0 Å². The van der Waals surface area contributed by atoms with E-state index in [0.717, 1.165) is 45.8 Å². The van der Waals surface area contributed by atoms with Crippen molar-refractivity contribution < 1.29 is 14.2 Å². The molecule has 0 aromatic rings. The van der Waals surface area contributed by atoms with Crippen molar-refractivity contribution in [2.45, 2.75) is 50.5 Å².